The topological polar surface area (TPSA) is 9.23 Å². The molecule has 0 aliphatic heterocycles. The first kappa shape index (κ1) is 13.2. The lowest BCUT2D eigenvalue weighted by molar-refractivity contribution is 0.465. The molecule has 0 N–H and O–H groups in total. The van der Waals surface area contributed by atoms with Gasteiger partial charge in [-0.2, -0.15) is 0 Å². The molecule has 0 aliphatic rings. The summed E-state index contributed by atoms with van der Waals surface area (Å²) in [6.07, 6.45) is 1.97. The van der Waals surface area contributed by atoms with Crippen LogP contribution in [0.25, 0.3) is 0 Å². The SMILES string of the molecule is CSc1ccccc1Oc1cc(F)cc(CCl)c1. The van der Waals surface area contributed by atoms with Crippen molar-refractivity contribution in [3.8, 4) is 11.5 Å². The lowest BCUT2D eigenvalue weighted by Gasteiger charge is -2.10. The van der Waals surface area contributed by atoms with Crippen LogP contribution >= 0.6 is 23.4 Å². The molecule has 94 valence electrons. The Labute approximate surface area is 115 Å². The third kappa shape index (κ3) is 3.18. The van der Waals surface area contributed by atoms with Crippen LogP contribution in [0.5, 0.6) is 11.5 Å². The van der Waals surface area contributed by atoms with Crippen LogP contribution < -0.4 is 4.74 Å². The van der Waals surface area contributed by atoms with Gasteiger partial charge in [0.2, 0.25) is 0 Å². The molecule has 0 bridgehead atoms. The van der Waals surface area contributed by atoms with E-state index in [1.54, 1.807) is 17.8 Å². The van der Waals surface area contributed by atoms with Crippen LogP contribution in [0.1, 0.15) is 5.56 Å². The van der Waals surface area contributed by atoms with E-state index in [1.165, 1.54) is 12.1 Å². The molecule has 0 saturated carbocycles. The highest BCUT2D eigenvalue weighted by Gasteiger charge is 2.06. The molecular weight excluding hydrogens is 271 g/mol. The van der Waals surface area contributed by atoms with Gasteiger partial charge in [-0.3, -0.25) is 0 Å². The molecule has 0 fully saturated rings. The number of halogens is 2. The fourth-order valence-electron chi connectivity index (χ4n) is 1.59. The molecule has 0 unspecified atom stereocenters. The maximum absolute atomic E-state index is 13.4. The highest BCUT2D eigenvalue weighted by Crippen LogP contribution is 2.32. The van der Waals surface area contributed by atoms with Crippen molar-refractivity contribution in [1.82, 2.24) is 0 Å². The third-order valence-electron chi connectivity index (χ3n) is 2.38. The predicted octanol–water partition coefficient (Wildman–Crippen LogP) is 5.08. The Kier molecular flexibility index (Phi) is 4.50. The Morgan fingerprint density at radius 3 is 2.72 bits per heavy atom. The van der Waals surface area contributed by atoms with Crippen LogP contribution in [0.15, 0.2) is 47.4 Å². The summed E-state index contributed by atoms with van der Waals surface area (Å²) in [6, 6.07) is 12.1. The van der Waals surface area contributed by atoms with Crippen LogP contribution in [-0.2, 0) is 5.88 Å². The molecule has 0 atom stereocenters. The summed E-state index contributed by atoms with van der Waals surface area (Å²) < 4.78 is 19.1. The Bertz CT molecular complexity index is 545. The molecule has 0 spiro atoms. The van der Waals surface area contributed by atoms with Gasteiger partial charge < -0.3 is 4.74 Å². The molecule has 2 aromatic carbocycles. The first-order chi connectivity index (χ1) is 8.72. The van der Waals surface area contributed by atoms with Crippen molar-refractivity contribution >= 4 is 23.4 Å². The molecule has 0 radical (unpaired) electrons. The minimum atomic E-state index is -0.343. The van der Waals surface area contributed by atoms with Gasteiger partial charge in [-0.25, -0.2) is 4.39 Å². The largest absolute Gasteiger partial charge is 0.456 e. The number of alkyl halides is 1. The van der Waals surface area contributed by atoms with Crippen molar-refractivity contribution in [2.45, 2.75) is 10.8 Å². The Balaban J connectivity index is 2.30. The zero-order valence-corrected chi connectivity index (χ0v) is 11.4. The zero-order valence-electron chi connectivity index (χ0n) is 9.82. The maximum atomic E-state index is 13.4. The second-order valence-electron chi connectivity index (χ2n) is 3.68. The van der Waals surface area contributed by atoms with Gasteiger partial charge >= 0.3 is 0 Å². The van der Waals surface area contributed by atoms with Crippen molar-refractivity contribution in [3.05, 3.63) is 53.8 Å². The lowest BCUT2D eigenvalue weighted by atomic mass is 10.2. The number of thioether (sulfide) groups is 1. The minimum Gasteiger partial charge on any atom is -0.456 e. The summed E-state index contributed by atoms with van der Waals surface area (Å²) >= 11 is 7.29. The smallest absolute Gasteiger partial charge is 0.140 e. The molecule has 0 amide bonds. The average molecular weight is 283 g/mol. The number of hydrogen-bond donors (Lipinski definition) is 0. The van der Waals surface area contributed by atoms with Gasteiger partial charge in [0.25, 0.3) is 0 Å². The second-order valence-corrected chi connectivity index (χ2v) is 4.80. The number of benzene rings is 2. The average Bonchev–Trinajstić information content (AvgIpc) is 2.38. The van der Waals surface area contributed by atoms with Crippen LogP contribution in [0.2, 0.25) is 0 Å². The molecule has 18 heavy (non-hydrogen) atoms. The Morgan fingerprint density at radius 2 is 2.00 bits per heavy atom. The van der Waals surface area contributed by atoms with E-state index in [1.807, 2.05) is 30.5 Å². The molecule has 1 nitrogen and oxygen atoms in total. The van der Waals surface area contributed by atoms with Crippen LogP contribution in [-0.4, -0.2) is 6.26 Å². The maximum Gasteiger partial charge on any atom is 0.140 e. The van der Waals surface area contributed by atoms with Gasteiger partial charge in [0.05, 0.1) is 0 Å². The lowest BCUT2D eigenvalue weighted by Crippen LogP contribution is -1.89. The minimum absolute atomic E-state index is 0.262. The Morgan fingerprint density at radius 1 is 1.22 bits per heavy atom. The molecule has 4 heteroatoms. The monoisotopic (exact) mass is 282 g/mol. The van der Waals surface area contributed by atoms with E-state index in [9.17, 15) is 4.39 Å². The quantitative estimate of drug-likeness (QED) is 0.571. The standard InChI is InChI=1S/C14H12ClFOS/c1-18-14-5-3-2-4-13(14)17-12-7-10(9-15)6-11(16)8-12/h2-8H,9H2,1H3. The summed E-state index contributed by atoms with van der Waals surface area (Å²) in [5.41, 5.74) is 0.702. The second kappa shape index (κ2) is 6.12. The van der Waals surface area contributed by atoms with Crippen molar-refractivity contribution < 1.29 is 9.13 Å². The van der Waals surface area contributed by atoms with Crippen LogP contribution in [0.4, 0.5) is 4.39 Å². The van der Waals surface area contributed by atoms with Crippen molar-refractivity contribution in [2.75, 3.05) is 6.26 Å². The van der Waals surface area contributed by atoms with E-state index < -0.39 is 0 Å². The van der Waals surface area contributed by atoms with Gasteiger partial charge in [0.15, 0.2) is 0 Å². The van der Waals surface area contributed by atoms with Gasteiger partial charge in [-0.15, -0.1) is 23.4 Å². The number of ether oxygens (including phenoxy) is 1. The summed E-state index contributed by atoms with van der Waals surface area (Å²) in [7, 11) is 0. The predicted molar refractivity (Wildman–Crippen MR) is 74.3 cm³/mol. The molecule has 0 aliphatic carbocycles. The fourth-order valence-corrected chi connectivity index (χ4v) is 2.27. The van der Waals surface area contributed by atoms with Gasteiger partial charge in [0, 0.05) is 16.8 Å². The van der Waals surface area contributed by atoms with Crippen molar-refractivity contribution in [2.24, 2.45) is 0 Å². The van der Waals surface area contributed by atoms with E-state index in [2.05, 4.69) is 0 Å². The molecule has 2 aromatic rings. The van der Waals surface area contributed by atoms with Gasteiger partial charge in [-0.1, -0.05) is 12.1 Å². The van der Waals surface area contributed by atoms with Gasteiger partial charge in [-0.05, 0) is 36.1 Å². The highest BCUT2D eigenvalue weighted by molar-refractivity contribution is 7.98. The number of hydrogen-bond acceptors (Lipinski definition) is 2. The van der Waals surface area contributed by atoms with E-state index in [0.29, 0.717) is 11.3 Å². The number of para-hydroxylation sites is 1. The molecule has 0 saturated heterocycles. The normalized spacial score (nSPS) is 10.4. The Hall–Kier alpha value is -1.19. The first-order valence-electron chi connectivity index (χ1n) is 5.39. The van der Waals surface area contributed by atoms with Crippen LogP contribution in [0.3, 0.4) is 0 Å². The molecule has 0 heterocycles. The highest BCUT2D eigenvalue weighted by atomic mass is 35.5. The summed E-state index contributed by atoms with van der Waals surface area (Å²) in [6.45, 7) is 0. The van der Waals surface area contributed by atoms with Crippen molar-refractivity contribution in [1.29, 1.82) is 0 Å². The molecular formula is C14H12ClFOS. The van der Waals surface area contributed by atoms with Gasteiger partial charge in [0.1, 0.15) is 17.3 Å². The molecule has 2 rings (SSSR count). The third-order valence-corrected chi connectivity index (χ3v) is 3.47. The fraction of sp³-hybridized carbons (Fsp3) is 0.143. The zero-order chi connectivity index (χ0) is 13.0. The number of rotatable bonds is 4. The van der Waals surface area contributed by atoms with Crippen molar-refractivity contribution in [3.63, 3.8) is 0 Å². The summed E-state index contributed by atoms with van der Waals surface area (Å²) in [5.74, 6) is 1.10. The van der Waals surface area contributed by atoms with E-state index in [-0.39, 0.29) is 11.7 Å². The summed E-state index contributed by atoms with van der Waals surface area (Å²) in [5, 5.41) is 0. The van der Waals surface area contributed by atoms with E-state index in [0.717, 1.165) is 10.6 Å². The van der Waals surface area contributed by atoms with Crippen LogP contribution in [0, 0.1) is 5.82 Å². The van der Waals surface area contributed by atoms with E-state index in [4.69, 9.17) is 16.3 Å². The summed E-state index contributed by atoms with van der Waals surface area (Å²) in [4.78, 5) is 1.01. The first-order valence-corrected chi connectivity index (χ1v) is 7.15. The molecule has 0 aromatic heterocycles. The van der Waals surface area contributed by atoms with E-state index >= 15 is 0 Å².